The molecule has 4 aliphatic heterocycles. The summed E-state index contributed by atoms with van der Waals surface area (Å²) in [5, 5.41) is 0. The highest BCUT2D eigenvalue weighted by molar-refractivity contribution is 7.02. The van der Waals surface area contributed by atoms with Crippen molar-refractivity contribution in [3.05, 3.63) is 340 Å². The molecule has 0 saturated heterocycles. The quantitative estimate of drug-likeness (QED) is 0.120. The van der Waals surface area contributed by atoms with Gasteiger partial charge in [-0.25, -0.2) is 0 Å². The largest absolute Gasteiger partial charge is 0.458 e. The Morgan fingerprint density at radius 3 is 1.00 bits per heavy atom. The van der Waals surface area contributed by atoms with Crippen molar-refractivity contribution in [3.8, 4) is 56.4 Å². The molecule has 430 valence electrons. The number of benzene rings is 14. The molecule has 6 nitrogen and oxygen atoms in total. The lowest BCUT2D eigenvalue weighted by Gasteiger charge is -2.43. The Morgan fingerprint density at radius 2 is 0.565 bits per heavy atom. The van der Waals surface area contributed by atoms with Crippen LogP contribution in [0.1, 0.15) is 0 Å². The highest BCUT2D eigenvalue weighted by atomic mass is 16.5. The summed E-state index contributed by atoms with van der Waals surface area (Å²) in [6.07, 6.45) is 0. The monoisotopic (exact) mass is 1170 g/mol. The first-order valence-electron chi connectivity index (χ1n) is 31.5. The topological polar surface area (TPSA) is 31.4 Å². The molecule has 0 amide bonds. The molecule has 4 aliphatic rings. The summed E-state index contributed by atoms with van der Waals surface area (Å²) < 4.78 is 15.3. The minimum Gasteiger partial charge on any atom is -0.458 e. The third-order valence-electron chi connectivity index (χ3n) is 18.7. The smallest absolute Gasteiger partial charge is 0.256 e. The highest BCUT2D eigenvalue weighted by Gasteiger charge is 2.48. The van der Waals surface area contributed by atoms with Crippen LogP contribution < -0.4 is 61.9 Å². The van der Waals surface area contributed by atoms with Crippen molar-refractivity contribution in [2.75, 3.05) is 19.6 Å². The summed E-state index contributed by atoms with van der Waals surface area (Å²) in [5.74, 6) is 3.08. The van der Waals surface area contributed by atoms with Crippen molar-refractivity contribution in [1.29, 1.82) is 0 Å². The number of anilines is 12. The van der Waals surface area contributed by atoms with E-state index < -0.39 is 0 Å². The average molecular weight is 1180 g/mol. The molecule has 4 heterocycles. The number of fused-ring (bicyclic) bond motifs is 8. The van der Waals surface area contributed by atoms with Crippen LogP contribution in [0.25, 0.3) is 33.4 Å². The zero-order valence-electron chi connectivity index (χ0n) is 50.1. The molecule has 18 rings (SSSR count). The maximum Gasteiger partial charge on any atom is 0.256 e. The lowest BCUT2D eigenvalue weighted by atomic mass is 9.31. The molecule has 8 heteroatoms. The molecule has 14 aromatic rings. The summed E-state index contributed by atoms with van der Waals surface area (Å²) in [6.45, 7) is -0.473. The fraction of sp³-hybridized carbons (Fsp3) is 0. The van der Waals surface area contributed by atoms with Gasteiger partial charge in [0.05, 0.1) is 22.7 Å². The summed E-state index contributed by atoms with van der Waals surface area (Å²) >= 11 is 0. The molecule has 0 atom stereocenters. The van der Waals surface area contributed by atoms with Gasteiger partial charge >= 0.3 is 0 Å². The van der Waals surface area contributed by atoms with Crippen molar-refractivity contribution in [3.63, 3.8) is 0 Å². The van der Waals surface area contributed by atoms with E-state index in [4.69, 9.17) is 9.47 Å². The third-order valence-corrected chi connectivity index (χ3v) is 18.7. The first-order chi connectivity index (χ1) is 45.7. The molecule has 0 bridgehead atoms. The standard InChI is InChI=1S/C84H56B2N4O2/c1-8-29-57(30-9-1)66-43-22-25-48-73(66)89-74-49-26-23-46-69(74)85-71-55-72-79(56-78(71)91-80-53-64(51-76(89)82(80)85)87(60-35-14-4-15-36-60)61-37-16-5-17-38-61)92-81-54-65(88(62-39-18-6-19-40-62)63-41-20-7-21-42-63)52-77-83(81)86(72)70-47-24-27-50-75(70)90(77)84-67(58-31-10-2-11-32-58)44-28-45-68(84)59-33-12-3-13-34-59/h1-56H. The molecule has 0 unspecified atom stereocenters. The molecule has 0 radical (unpaired) electrons. The van der Waals surface area contributed by atoms with Gasteiger partial charge in [0.25, 0.3) is 13.4 Å². The van der Waals surface area contributed by atoms with E-state index in [1.54, 1.807) is 0 Å². The molecule has 14 aromatic carbocycles. The van der Waals surface area contributed by atoms with Crippen molar-refractivity contribution in [2.45, 2.75) is 0 Å². The molecule has 0 N–H and O–H groups in total. The number of hydrogen-bond acceptors (Lipinski definition) is 6. The van der Waals surface area contributed by atoms with Crippen LogP contribution in [0.3, 0.4) is 0 Å². The Hall–Kier alpha value is -12.0. The van der Waals surface area contributed by atoms with Crippen molar-refractivity contribution >= 4 is 114 Å². The van der Waals surface area contributed by atoms with E-state index in [2.05, 4.69) is 359 Å². The molecular formula is C84H56B2N4O2. The predicted octanol–water partition coefficient (Wildman–Crippen LogP) is 18.4. The van der Waals surface area contributed by atoms with Gasteiger partial charge in [-0.3, -0.25) is 0 Å². The minimum absolute atomic E-state index is 0.226. The van der Waals surface area contributed by atoms with Gasteiger partial charge in [-0.1, -0.05) is 243 Å². The maximum atomic E-state index is 7.70. The Labute approximate surface area is 536 Å². The highest BCUT2D eigenvalue weighted by Crippen LogP contribution is 2.53. The number of ether oxygens (including phenoxy) is 2. The van der Waals surface area contributed by atoms with E-state index in [0.717, 1.165) is 146 Å². The van der Waals surface area contributed by atoms with E-state index in [1.165, 1.54) is 10.9 Å². The van der Waals surface area contributed by atoms with E-state index in [1.807, 2.05) is 0 Å². The van der Waals surface area contributed by atoms with Crippen molar-refractivity contribution in [1.82, 2.24) is 0 Å². The Bertz CT molecular complexity index is 5000. The van der Waals surface area contributed by atoms with Gasteiger partial charge in [0.15, 0.2) is 0 Å². The molecular weight excluding hydrogens is 1120 g/mol. The van der Waals surface area contributed by atoms with Gasteiger partial charge in [0, 0.05) is 80.4 Å². The lowest BCUT2D eigenvalue weighted by molar-refractivity contribution is 0.466. The number of nitrogens with zero attached hydrogens (tertiary/aromatic N) is 4. The minimum atomic E-state index is -0.247. The molecule has 0 saturated carbocycles. The van der Waals surface area contributed by atoms with Crippen LogP contribution in [0.5, 0.6) is 23.0 Å². The van der Waals surface area contributed by atoms with Gasteiger partial charge in [0.1, 0.15) is 23.0 Å². The molecule has 0 aromatic heterocycles. The van der Waals surface area contributed by atoms with Crippen LogP contribution in [0.4, 0.5) is 68.2 Å². The lowest BCUT2D eigenvalue weighted by Crippen LogP contribution is -2.63. The number of rotatable bonds is 11. The van der Waals surface area contributed by atoms with Crippen LogP contribution in [-0.4, -0.2) is 13.4 Å². The Morgan fingerprint density at radius 1 is 0.228 bits per heavy atom. The van der Waals surface area contributed by atoms with Crippen LogP contribution in [0.2, 0.25) is 0 Å². The molecule has 92 heavy (non-hydrogen) atoms. The number of hydrogen-bond donors (Lipinski definition) is 0. The van der Waals surface area contributed by atoms with E-state index in [-0.39, 0.29) is 13.4 Å². The van der Waals surface area contributed by atoms with Gasteiger partial charge in [-0.15, -0.1) is 0 Å². The molecule has 0 spiro atoms. The van der Waals surface area contributed by atoms with Crippen molar-refractivity contribution < 1.29 is 9.47 Å². The zero-order chi connectivity index (χ0) is 60.6. The predicted molar refractivity (Wildman–Crippen MR) is 384 cm³/mol. The second-order valence-corrected chi connectivity index (χ2v) is 23.9. The van der Waals surface area contributed by atoms with Gasteiger partial charge in [-0.2, -0.15) is 0 Å². The normalized spacial score (nSPS) is 12.7. The first-order valence-corrected chi connectivity index (χ1v) is 31.5. The second-order valence-electron chi connectivity index (χ2n) is 23.9. The zero-order valence-corrected chi connectivity index (χ0v) is 50.1. The summed E-state index contributed by atoms with van der Waals surface area (Å²) in [6, 6.07) is 123. The number of para-hydroxylation sites is 8. The van der Waals surface area contributed by atoms with E-state index >= 15 is 0 Å². The summed E-state index contributed by atoms with van der Waals surface area (Å²) in [4.78, 5) is 9.71. The van der Waals surface area contributed by atoms with Gasteiger partial charge in [0.2, 0.25) is 0 Å². The Kier molecular flexibility index (Phi) is 12.7. The van der Waals surface area contributed by atoms with Gasteiger partial charge < -0.3 is 29.1 Å². The molecule has 0 fully saturated rings. The SMILES string of the molecule is c1ccc(-c2ccccc2N2c3ccccc3B3c4cc5c(cc4Oc4cc(N(c6ccccc6)c6ccccc6)cc2c43)Oc2cc(N(c3ccccc3)c3ccccc3)cc3c2B5c2ccccc2N3c2c(-c3ccccc3)cccc2-c2ccccc2)cc1. The van der Waals surface area contributed by atoms with E-state index in [0.29, 0.717) is 0 Å². The van der Waals surface area contributed by atoms with Gasteiger partial charge in [-0.05, 0) is 128 Å². The van der Waals surface area contributed by atoms with Crippen LogP contribution in [-0.2, 0) is 0 Å². The fourth-order valence-electron chi connectivity index (χ4n) is 14.8. The maximum absolute atomic E-state index is 7.70. The Balaban J connectivity index is 0.893. The second kappa shape index (κ2) is 21.9. The fourth-order valence-corrected chi connectivity index (χ4v) is 14.8. The van der Waals surface area contributed by atoms with Crippen molar-refractivity contribution in [2.24, 2.45) is 0 Å². The molecule has 0 aliphatic carbocycles. The van der Waals surface area contributed by atoms with Crippen LogP contribution in [0.15, 0.2) is 340 Å². The average Bonchev–Trinajstić information content (AvgIpc) is 0.701. The van der Waals surface area contributed by atoms with Crippen LogP contribution in [0, 0.1) is 0 Å². The van der Waals surface area contributed by atoms with Crippen LogP contribution >= 0.6 is 0 Å². The summed E-state index contributed by atoms with van der Waals surface area (Å²) in [5.41, 5.74) is 26.0. The van der Waals surface area contributed by atoms with E-state index in [9.17, 15) is 0 Å². The first kappa shape index (κ1) is 53.1. The summed E-state index contributed by atoms with van der Waals surface area (Å²) in [7, 11) is 0. The third kappa shape index (κ3) is 8.67.